The summed E-state index contributed by atoms with van der Waals surface area (Å²) in [6, 6.07) is 6.37. The lowest BCUT2D eigenvalue weighted by Gasteiger charge is -2.29. The van der Waals surface area contributed by atoms with Crippen LogP contribution in [-0.4, -0.2) is 70.9 Å². The van der Waals surface area contributed by atoms with Crippen LogP contribution in [0.2, 0.25) is 5.02 Å². The Balaban J connectivity index is 1.71. The van der Waals surface area contributed by atoms with Gasteiger partial charge in [-0.2, -0.15) is 31.4 Å². The van der Waals surface area contributed by atoms with E-state index in [2.05, 4.69) is 20.2 Å². The molecule has 0 radical (unpaired) electrons. The molecule has 0 aliphatic carbocycles. The van der Waals surface area contributed by atoms with Crippen molar-refractivity contribution in [1.29, 1.82) is 0 Å². The Morgan fingerprint density at radius 3 is 2.33 bits per heavy atom. The Hall–Kier alpha value is -3.50. The second-order valence-electron chi connectivity index (χ2n) is 8.39. The second-order valence-corrected chi connectivity index (χ2v) is 8.83. The van der Waals surface area contributed by atoms with E-state index in [4.69, 9.17) is 11.6 Å². The number of amidine groups is 1. The van der Waals surface area contributed by atoms with E-state index in [-0.39, 0.29) is 17.2 Å². The van der Waals surface area contributed by atoms with E-state index in [1.807, 2.05) is 0 Å². The van der Waals surface area contributed by atoms with E-state index in [1.54, 1.807) is 0 Å². The van der Waals surface area contributed by atoms with Crippen molar-refractivity contribution in [3.63, 3.8) is 0 Å². The standard InChI is InChI=1S/C22H19ClF7N7O2/c1-11(24)18-32-17(33-37(18)15-8-31-7-6-14(15)21(25,26)27)10-36-20(39)35(9-16(38)22(28,29)30)19(34-36)12-2-4-13(23)5-3-12/h2-8,11,16,20,38-39H,9-10H2,1H3/t11?,16-,20?/m0/s1. The first-order valence-corrected chi connectivity index (χ1v) is 11.5. The number of benzene rings is 1. The third-order valence-electron chi connectivity index (χ3n) is 5.56. The second kappa shape index (κ2) is 10.6. The van der Waals surface area contributed by atoms with Crippen molar-refractivity contribution in [3.05, 3.63) is 70.5 Å². The number of hydrazone groups is 1. The zero-order valence-corrected chi connectivity index (χ0v) is 20.5. The van der Waals surface area contributed by atoms with Gasteiger partial charge in [0, 0.05) is 16.8 Å². The molecule has 2 N–H and O–H groups in total. The van der Waals surface area contributed by atoms with Crippen LogP contribution in [0.4, 0.5) is 30.7 Å². The maximum atomic E-state index is 14.4. The highest BCUT2D eigenvalue weighted by Gasteiger charge is 2.44. The SMILES string of the molecule is CC(F)c1nc(CN2N=C(c3ccc(Cl)cc3)N(C[C@H](O)C(F)(F)F)C2O)nn1-c1cnccc1C(F)(F)F. The van der Waals surface area contributed by atoms with Crippen molar-refractivity contribution in [2.45, 2.75) is 44.4 Å². The summed E-state index contributed by atoms with van der Waals surface area (Å²) in [5, 5.41) is 29.7. The Morgan fingerprint density at radius 1 is 1.08 bits per heavy atom. The lowest BCUT2D eigenvalue weighted by molar-refractivity contribution is -0.212. The van der Waals surface area contributed by atoms with Crippen LogP contribution in [0.5, 0.6) is 0 Å². The summed E-state index contributed by atoms with van der Waals surface area (Å²) in [5.74, 6) is -0.987. The molecule has 1 aliphatic heterocycles. The van der Waals surface area contributed by atoms with Crippen molar-refractivity contribution in [2.24, 2.45) is 5.10 Å². The van der Waals surface area contributed by atoms with Crippen LogP contribution in [-0.2, 0) is 12.7 Å². The first-order chi connectivity index (χ1) is 18.2. The summed E-state index contributed by atoms with van der Waals surface area (Å²) in [7, 11) is 0. The van der Waals surface area contributed by atoms with Crippen molar-refractivity contribution in [3.8, 4) is 5.69 Å². The van der Waals surface area contributed by atoms with E-state index >= 15 is 0 Å². The highest BCUT2D eigenvalue weighted by atomic mass is 35.5. The van der Waals surface area contributed by atoms with Crippen molar-refractivity contribution < 1.29 is 40.9 Å². The van der Waals surface area contributed by atoms with Crippen molar-refractivity contribution in [1.82, 2.24) is 29.7 Å². The van der Waals surface area contributed by atoms with Crippen LogP contribution >= 0.6 is 11.6 Å². The normalized spacial score (nSPS) is 17.9. The molecule has 1 aromatic carbocycles. The molecule has 3 aromatic rings. The zero-order valence-electron chi connectivity index (χ0n) is 19.7. The first kappa shape index (κ1) is 28.5. The molecule has 3 atom stereocenters. The Morgan fingerprint density at radius 2 is 1.74 bits per heavy atom. The van der Waals surface area contributed by atoms with Crippen LogP contribution < -0.4 is 0 Å². The summed E-state index contributed by atoms with van der Waals surface area (Å²) in [5.41, 5.74) is -1.53. The number of alkyl halides is 7. The largest absolute Gasteiger partial charge is 0.418 e. The number of hydrogen-bond acceptors (Lipinski definition) is 8. The van der Waals surface area contributed by atoms with Gasteiger partial charge in [-0.25, -0.2) is 19.1 Å². The molecule has 0 amide bonds. The van der Waals surface area contributed by atoms with E-state index in [0.29, 0.717) is 15.8 Å². The number of aliphatic hydroxyl groups excluding tert-OH is 2. The predicted molar refractivity (Wildman–Crippen MR) is 122 cm³/mol. The minimum atomic E-state index is -5.01. The molecule has 17 heteroatoms. The first-order valence-electron chi connectivity index (χ1n) is 11.1. The number of hydrogen-bond donors (Lipinski definition) is 2. The smallest absolute Gasteiger partial charge is 0.382 e. The minimum absolute atomic E-state index is 0.174. The molecule has 0 saturated carbocycles. The lowest BCUT2D eigenvalue weighted by Crippen LogP contribution is -2.49. The monoisotopic (exact) mass is 581 g/mol. The number of aliphatic hydroxyl groups is 2. The molecule has 9 nitrogen and oxygen atoms in total. The van der Waals surface area contributed by atoms with Gasteiger partial charge in [0.1, 0.15) is 6.54 Å². The molecule has 0 fully saturated rings. The van der Waals surface area contributed by atoms with Gasteiger partial charge >= 0.3 is 12.4 Å². The average Bonchev–Trinajstić information content (AvgIpc) is 3.41. The van der Waals surface area contributed by atoms with Crippen LogP contribution in [0, 0.1) is 0 Å². The van der Waals surface area contributed by atoms with Gasteiger partial charge in [-0.05, 0) is 37.3 Å². The Bertz CT molecular complexity index is 1350. The van der Waals surface area contributed by atoms with Crippen LogP contribution in [0.1, 0.15) is 35.9 Å². The molecular formula is C22H19ClF7N7O2. The number of rotatable bonds is 7. The van der Waals surface area contributed by atoms with Crippen molar-refractivity contribution >= 4 is 17.4 Å². The summed E-state index contributed by atoms with van der Waals surface area (Å²) in [6.07, 6.45) is -14.7. The van der Waals surface area contributed by atoms with Gasteiger partial charge in [0.05, 0.1) is 24.0 Å². The maximum absolute atomic E-state index is 14.4. The van der Waals surface area contributed by atoms with Gasteiger partial charge in [0.15, 0.2) is 29.8 Å². The summed E-state index contributed by atoms with van der Waals surface area (Å²) < 4.78 is 94.9. The predicted octanol–water partition coefficient (Wildman–Crippen LogP) is 4.04. The summed E-state index contributed by atoms with van der Waals surface area (Å²) >= 11 is 5.87. The van der Waals surface area contributed by atoms with Crippen LogP contribution in [0.3, 0.4) is 0 Å². The van der Waals surface area contributed by atoms with Gasteiger partial charge in [0.2, 0.25) is 6.35 Å². The average molecular weight is 582 g/mol. The molecule has 4 rings (SSSR count). The highest BCUT2D eigenvalue weighted by Crippen LogP contribution is 2.34. The quantitative estimate of drug-likeness (QED) is 0.406. The maximum Gasteiger partial charge on any atom is 0.418 e. The highest BCUT2D eigenvalue weighted by molar-refractivity contribution is 6.30. The molecule has 210 valence electrons. The summed E-state index contributed by atoms with van der Waals surface area (Å²) in [4.78, 5) is 8.35. The van der Waals surface area contributed by atoms with Crippen molar-refractivity contribution in [2.75, 3.05) is 6.54 Å². The Kier molecular flexibility index (Phi) is 7.73. The fraction of sp³-hybridized carbons (Fsp3) is 0.364. The third kappa shape index (κ3) is 6.07. The molecule has 0 saturated heterocycles. The number of aromatic nitrogens is 4. The van der Waals surface area contributed by atoms with Gasteiger partial charge in [-0.15, -0.1) is 5.10 Å². The molecule has 1 aliphatic rings. The fourth-order valence-electron chi connectivity index (χ4n) is 3.72. The fourth-order valence-corrected chi connectivity index (χ4v) is 3.85. The lowest BCUT2D eigenvalue weighted by atomic mass is 10.2. The molecule has 0 bridgehead atoms. The number of pyridine rings is 1. The van der Waals surface area contributed by atoms with E-state index in [1.165, 1.54) is 24.3 Å². The molecular weight excluding hydrogens is 563 g/mol. The van der Waals surface area contributed by atoms with Crippen LogP contribution in [0.15, 0.2) is 47.8 Å². The number of nitrogens with zero attached hydrogens (tertiary/aromatic N) is 7. The van der Waals surface area contributed by atoms with E-state index in [0.717, 1.165) is 29.2 Å². The van der Waals surface area contributed by atoms with Gasteiger partial charge < -0.3 is 15.1 Å². The molecule has 0 spiro atoms. The topological polar surface area (TPSA) is 103 Å². The zero-order chi connectivity index (χ0) is 28.7. The van der Waals surface area contributed by atoms with E-state index in [9.17, 15) is 40.9 Å². The number of β-amino-alcohol motifs (C(OH)–C–C–N with tert-alkyl or cyclic N) is 1. The van der Waals surface area contributed by atoms with Gasteiger partial charge in [-0.1, -0.05) is 11.6 Å². The molecule has 2 unspecified atom stereocenters. The molecule has 2 aromatic heterocycles. The number of halogens is 8. The minimum Gasteiger partial charge on any atom is -0.382 e. The Labute approximate surface area is 220 Å². The molecule has 3 heterocycles. The summed E-state index contributed by atoms with van der Waals surface area (Å²) in [6.45, 7) is -0.636. The van der Waals surface area contributed by atoms with Gasteiger partial charge in [-0.3, -0.25) is 4.98 Å². The molecule has 39 heavy (non-hydrogen) atoms. The van der Waals surface area contributed by atoms with Gasteiger partial charge in [0.25, 0.3) is 0 Å². The van der Waals surface area contributed by atoms with Crippen LogP contribution in [0.25, 0.3) is 5.69 Å². The van der Waals surface area contributed by atoms with E-state index < -0.39 is 61.1 Å². The third-order valence-corrected chi connectivity index (χ3v) is 5.81.